The molecular weight excluding hydrogens is 196 g/mol. The highest BCUT2D eigenvalue weighted by atomic mass is 15.2. The third kappa shape index (κ3) is 2.98. The molecule has 0 aromatic carbocycles. The minimum Gasteiger partial charge on any atom is -0.315 e. The van der Waals surface area contributed by atoms with Crippen LogP contribution in [0.5, 0.6) is 0 Å². The normalized spacial score (nSPS) is 21.9. The lowest BCUT2D eigenvalue weighted by molar-refractivity contribution is 0.101. The Morgan fingerprint density at radius 3 is 2.06 bits per heavy atom. The van der Waals surface area contributed by atoms with Crippen LogP contribution in [0.15, 0.2) is 0 Å². The van der Waals surface area contributed by atoms with Crippen molar-refractivity contribution in [2.24, 2.45) is 5.92 Å². The summed E-state index contributed by atoms with van der Waals surface area (Å²) in [6.45, 7) is 4.65. The Morgan fingerprint density at radius 2 is 1.69 bits per heavy atom. The zero-order chi connectivity index (χ0) is 12.2. The third-order valence-electron chi connectivity index (χ3n) is 4.39. The van der Waals surface area contributed by atoms with Gasteiger partial charge in [-0.2, -0.15) is 0 Å². The Bertz CT molecular complexity index is 193. The first-order valence-electron chi connectivity index (χ1n) is 6.87. The average molecular weight is 226 g/mol. The van der Waals surface area contributed by atoms with Gasteiger partial charge in [0.2, 0.25) is 0 Å². The maximum absolute atomic E-state index is 3.58. The van der Waals surface area contributed by atoms with Crippen LogP contribution in [-0.4, -0.2) is 37.6 Å². The van der Waals surface area contributed by atoms with E-state index in [2.05, 4.69) is 45.2 Å². The Balaban J connectivity index is 2.66. The summed E-state index contributed by atoms with van der Waals surface area (Å²) in [4.78, 5) is 2.47. The molecule has 0 aliphatic heterocycles. The van der Waals surface area contributed by atoms with Crippen LogP contribution >= 0.6 is 0 Å². The van der Waals surface area contributed by atoms with Crippen molar-refractivity contribution < 1.29 is 0 Å². The van der Waals surface area contributed by atoms with E-state index in [1.54, 1.807) is 0 Å². The fraction of sp³-hybridized carbons (Fsp3) is 1.00. The van der Waals surface area contributed by atoms with Crippen molar-refractivity contribution in [2.45, 2.75) is 64.0 Å². The quantitative estimate of drug-likeness (QED) is 0.749. The van der Waals surface area contributed by atoms with E-state index in [0.717, 1.165) is 5.92 Å². The van der Waals surface area contributed by atoms with E-state index in [0.29, 0.717) is 11.6 Å². The molecule has 1 aliphatic carbocycles. The van der Waals surface area contributed by atoms with Crippen molar-refractivity contribution in [3.63, 3.8) is 0 Å². The van der Waals surface area contributed by atoms with Crippen molar-refractivity contribution in [3.05, 3.63) is 0 Å². The van der Waals surface area contributed by atoms with E-state index in [1.807, 2.05) is 0 Å². The molecule has 0 radical (unpaired) electrons. The van der Waals surface area contributed by atoms with Crippen LogP contribution < -0.4 is 5.32 Å². The van der Waals surface area contributed by atoms with Gasteiger partial charge in [-0.05, 0) is 52.7 Å². The second-order valence-electron chi connectivity index (χ2n) is 6.02. The fourth-order valence-electron chi connectivity index (χ4n) is 3.28. The van der Waals surface area contributed by atoms with Gasteiger partial charge in [-0.3, -0.25) is 0 Å². The first kappa shape index (κ1) is 14.0. The number of rotatable bonds is 6. The second-order valence-corrected chi connectivity index (χ2v) is 6.02. The molecule has 96 valence electrons. The van der Waals surface area contributed by atoms with Crippen LogP contribution in [0.2, 0.25) is 0 Å². The molecule has 1 saturated carbocycles. The predicted octanol–water partition coefficient (Wildman–Crippen LogP) is 2.89. The minimum atomic E-state index is 0.420. The van der Waals surface area contributed by atoms with Gasteiger partial charge in [0.25, 0.3) is 0 Å². The van der Waals surface area contributed by atoms with Crippen LogP contribution in [-0.2, 0) is 0 Å². The van der Waals surface area contributed by atoms with Crippen molar-refractivity contribution in [1.29, 1.82) is 0 Å². The number of likely N-dealkylation sites (N-methyl/N-ethyl adjacent to an activating group) is 2. The summed E-state index contributed by atoms with van der Waals surface area (Å²) in [7, 11) is 6.64. The van der Waals surface area contributed by atoms with Crippen LogP contribution in [0.1, 0.15) is 52.4 Å². The lowest BCUT2D eigenvalue weighted by atomic mass is 9.83. The van der Waals surface area contributed by atoms with E-state index in [1.165, 1.54) is 38.5 Å². The van der Waals surface area contributed by atoms with Gasteiger partial charge in [0.15, 0.2) is 0 Å². The zero-order valence-corrected chi connectivity index (χ0v) is 11.8. The largest absolute Gasteiger partial charge is 0.315 e. The van der Waals surface area contributed by atoms with Gasteiger partial charge in [-0.25, -0.2) is 0 Å². The number of hydrogen-bond donors (Lipinski definition) is 1. The standard InChI is InChI=1S/C14H30N2/c1-12(2)8-9-13(15-3)14(16(4)5)10-6-7-11-14/h12-13,15H,6-11H2,1-5H3. The topological polar surface area (TPSA) is 15.3 Å². The van der Waals surface area contributed by atoms with E-state index >= 15 is 0 Å². The molecule has 1 fully saturated rings. The smallest absolute Gasteiger partial charge is 0.0356 e. The van der Waals surface area contributed by atoms with Crippen molar-refractivity contribution >= 4 is 0 Å². The molecule has 1 aliphatic rings. The zero-order valence-electron chi connectivity index (χ0n) is 11.8. The highest BCUT2D eigenvalue weighted by molar-refractivity contribution is 5.01. The van der Waals surface area contributed by atoms with Gasteiger partial charge in [-0.15, -0.1) is 0 Å². The van der Waals surface area contributed by atoms with Crippen molar-refractivity contribution in [2.75, 3.05) is 21.1 Å². The third-order valence-corrected chi connectivity index (χ3v) is 4.39. The summed E-state index contributed by atoms with van der Waals surface area (Å²) in [5.41, 5.74) is 0.420. The number of nitrogens with one attached hydrogen (secondary N) is 1. The molecule has 0 amide bonds. The maximum Gasteiger partial charge on any atom is 0.0356 e. The molecule has 1 rings (SSSR count). The van der Waals surface area contributed by atoms with Crippen LogP contribution in [0.4, 0.5) is 0 Å². The van der Waals surface area contributed by atoms with Gasteiger partial charge < -0.3 is 10.2 Å². The summed E-state index contributed by atoms with van der Waals surface area (Å²) in [5, 5.41) is 3.58. The van der Waals surface area contributed by atoms with E-state index < -0.39 is 0 Å². The average Bonchev–Trinajstić information content (AvgIpc) is 2.68. The lowest BCUT2D eigenvalue weighted by Gasteiger charge is -2.43. The molecule has 0 aromatic heterocycles. The van der Waals surface area contributed by atoms with E-state index in [9.17, 15) is 0 Å². The molecule has 2 heteroatoms. The molecule has 2 nitrogen and oxygen atoms in total. The molecule has 0 bridgehead atoms. The van der Waals surface area contributed by atoms with Crippen LogP contribution in [0.25, 0.3) is 0 Å². The Labute approximate surface area is 102 Å². The van der Waals surface area contributed by atoms with Crippen LogP contribution in [0.3, 0.4) is 0 Å². The van der Waals surface area contributed by atoms with Gasteiger partial charge in [0.1, 0.15) is 0 Å². The molecule has 0 saturated heterocycles. The second kappa shape index (κ2) is 6.02. The van der Waals surface area contributed by atoms with E-state index in [4.69, 9.17) is 0 Å². The summed E-state index contributed by atoms with van der Waals surface area (Å²) >= 11 is 0. The van der Waals surface area contributed by atoms with Gasteiger partial charge in [0, 0.05) is 11.6 Å². The summed E-state index contributed by atoms with van der Waals surface area (Å²) in [5.74, 6) is 0.816. The van der Waals surface area contributed by atoms with Crippen LogP contribution in [0, 0.1) is 5.92 Å². The molecule has 0 spiro atoms. The Hall–Kier alpha value is -0.0800. The molecule has 0 aromatic rings. The van der Waals surface area contributed by atoms with Gasteiger partial charge >= 0.3 is 0 Å². The number of nitrogens with zero attached hydrogens (tertiary/aromatic N) is 1. The molecule has 1 unspecified atom stereocenters. The van der Waals surface area contributed by atoms with E-state index in [-0.39, 0.29) is 0 Å². The Morgan fingerprint density at radius 1 is 1.12 bits per heavy atom. The summed E-state index contributed by atoms with van der Waals surface area (Å²) in [6.07, 6.45) is 8.18. The maximum atomic E-state index is 3.58. The summed E-state index contributed by atoms with van der Waals surface area (Å²) in [6, 6.07) is 0.660. The molecule has 1 N–H and O–H groups in total. The predicted molar refractivity (Wildman–Crippen MR) is 71.8 cm³/mol. The summed E-state index contributed by atoms with van der Waals surface area (Å²) < 4.78 is 0. The molecular formula is C14H30N2. The number of hydrogen-bond acceptors (Lipinski definition) is 2. The van der Waals surface area contributed by atoms with Gasteiger partial charge in [-0.1, -0.05) is 26.7 Å². The SMILES string of the molecule is CNC(CCC(C)C)C1(N(C)C)CCCC1. The monoisotopic (exact) mass is 226 g/mol. The molecule has 1 atom stereocenters. The lowest BCUT2D eigenvalue weighted by Crippen LogP contribution is -2.56. The highest BCUT2D eigenvalue weighted by Crippen LogP contribution is 2.38. The first-order valence-corrected chi connectivity index (χ1v) is 6.87. The first-order chi connectivity index (χ1) is 7.53. The van der Waals surface area contributed by atoms with Gasteiger partial charge in [0.05, 0.1) is 0 Å². The molecule has 0 heterocycles. The van der Waals surface area contributed by atoms with Crippen molar-refractivity contribution in [3.8, 4) is 0 Å². The molecule has 16 heavy (non-hydrogen) atoms. The van der Waals surface area contributed by atoms with Crippen molar-refractivity contribution in [1.82, 2.24) is 10.2 Å². The Kier molecular flexibility index (Phi) is 5.26. The fourth-order valence-corrected chi connectivity index (χ4v) is 3.28. The highest BCUT2D eigenvalue weighted by Gasteiger charge is 2.42. The minimum absolute atomic E-state index is 0.420.